The average Bonchev–Trinajstić information content (AvgIpc) is 2.56. The average molecular weight is 318 g/mol. The molecule has 2 nitrogen and oxygen atoms in total. The Kier molecular flexibility index (Phi) is 8.11. The van der Waals surface area contributed by atoms with Crippen LogP contribution in [0.4, 0.5) is 0 Å². The molecule has 0 N–H and O–H groups in total. The Morgan fingerprint density at radius 1 is 1.00 bits per heavy atom. The lowest BCUT2D eigenvalue weighted by molar-refractivity contribution is -0.0603. The van der Waals surface area contributed by atoms with Gasteiger partial charge in [-0.1, -0.05) is 75.8 Å². The van der Waals surface area contributed by atoms with E-state index in [0.717, 1.165) is 26.2 Å². The number of unbranched alkanes of at least 4 members (excludes halogenated alkanes) is 6. The van der Waals surface area contributed by atoms with Gasteiger partial charge in [0, 0.05) is 12.1 Å². The Bertz CT molecular complexity index is 419. The lowest BCUT2D eigenvalue weighted by Crippen LogP contribution is -2.56. The number of hydrogen-bond donors (Lipinski definition) is 0. The number of nitrogens with zero attached hydrogens (tertiary/aromatic N) is 1. The Morgan fingerprint density at radius 3 is 2.43 bits per heavy atom. The van der Waals surface area contributed by atoms with E-state index in [0.29, 0.717) is 0 Å². The van der Waals surface area contributed by atoms with Crippen LogP contribution in [-0.2, 0) is 11.2 Å². The van der Waals surface area contributed by atoms with Crippen LogP contribution in [0.1, 0.15) is 64.4 Å². The van der Waals surface area contributed by atoms with Crippen LogP contribution in [0.5, 0.6) is 0 Å². The molecule has 0 radical (unpaired) electrons. The molecule has 0 bridgehead atoms. The fourth-order valence-corrected chi connectivity index (χ4v) is 3.67. The van der Waals surface area contributed by atoms with Gasteiger partial charge in [-0.25, -0.2) is 0 Å². The maximum absolute atomic E-state index is 5.82. The maximum atomic E-state index is 5.82. The van der Waals surface area contributed by atoms with Crippen molar-refractivity contribution < 1.29 is 4.74 Å². The Balaban J connectivity index is 1.76. The molecule has 1 aliphatic rings. The first-order valence-corrected chi connectivity index (χ1v) is 9.61. The van der Waals surface area contributed by atoms with Gasteiger partial charge in [0.05, 0.1) is 13.2 Å². The highest BCUT2D eigenvalue weighted by Crippen LogP contribution is 2.25. The van der Waals surface area contributed by atoms with Gasteiger partial charge in [-0.05, 0) is 31.9 Å². The third kappa shape index (κ3) is 6.27. The summed E-state index contributed by atoms with van der Waals surface area (Å²) in [6, 6.07) is 10.9. The highest BCUT2D eigenvalue weighted by atomic mass is 16.5. The minimum absolute atomic E-state index is 0.155. The number of benzene rings is 1. The summed E-state index contributed by atoms with van der Waals surface area (Å²) in [6.45, 7) is 8.71. The van der Waals surface area contributed by atoms with Gasteiger partial charge in [-0.3, -0.25) is 4.90 Å². The van der Waals surface area contributed by atoms with Crippen LogP contribution in [0.2, 0.25) is 0 Å². The molecule has 0 aliphatic carbocycles. The van der Waals surface area contributed by atoms with E-state index in [4.69, 9.17) is 4.74 Å². The van der Waals surface area contributed by atoms with Crippen molar-refractivity contribution in [1.29, 1.82) is 0 Å². The molecule has 2 heteroatoms. The van der Waals surface area contributed by atoms with E-state index in [1.807, 2.05) is 0 Å². The molecule has 1 aromatic carbocycles. The number of rotatable bonds is 10. The van der Waals surface area contributed by atoms with E-state index in [9.17, 15) is 0 Å². The monoisotopic (exact) mass is 317 g/mol. The van der Waals surface area contributed by atoms with E-state index in [1.54, 1.807) is 0 Å². The molecular formula is C21H35NO. The molecule has 0 amide bonds. The molecule has 1 aromatic rings. The Morgan fingerprint density at radius 2 is 1.70 bits per heavy atom. The maximum Gasteiger partial charge on any atom is 0.0651 e. The zero-order chi connectivity index (χ0) is 16.4. The first-order valence-electron chi connectivity index (χ1n) is 9.61. The van der Waals surface area contributed by atoms with E-state index in [1.165, 1.54) is 57.1 Å². The van der Waals surface area contributed by atoms with Crippen LogP contribution in [0.25, 0.3) is 0 Å². The summed E-state index contributed by atoms with van der Waals surface area (Å²) in [5.74, 6) is 0. The second-order valence-electron chi connectivity index (χ2n) is 7.32. The van der Waals surface area contributed by atoms with Gasteiger partial charge in [-0.15, -0.1) is 0 Å². The highest BCUT2D eigenvalue weighted by Gasteiger charge is 2.34. The van der Waals surface area contributed by atoms with Gasteiger partial charge < -0.3 is 4.74 Å². The van der Waals surface area contributed by atoms with Crippen molar-refractivity contribution >= 4 is 0 Å². The topological polar surface area (TPSA) is 12.5 Å². The number of morpholine rings is 1. The van der Waals surface area contributed by atoms with Crippen molar-refractivity contribution in [2.24, 2.45) is 0 Å². The Hall–Kier alpha value is -0.860. The van der Waals surface area contributed by atoms with Crippen molar-refractivity contribution in [1.82, 2.24) is 4.90 Å². The highest BCUT2D eigenvalue weighted by molar-refractivity contribution is 5.18. The molecule has 1 heterocycles. The molecule has 0 spiro atoms. The van der Waals surface area contributed by atoms with Crippen molar-refractivity contribution in [2.45, 2.75) is 70.8 Å². The van der Waals surface area contributed by atoms with E-state index < -0.39 is 0 Å². The molecule has 1 unspecified atom stereocenters. The molecule has 1 aliphatic heterocycles. The van der Waals surface area contributed by atoms with Gasteiger partial charge in [0.15, 0.2) is 0 Å². The molecular weight excluding hydrogens is 282 g/mol. The lowest BCUT2D eigenvalue weighted by atomic mass is 9.90. The smallest absolute Gasteiger partial charge is 0.0651 e. The van der Waals surface area contributed by atoms with Crippen molar-refractivity contribution in [2.75, 3.05) is 26.3 Å². The van der Waals surface area contributed by atoms with Crippen LogP contribution in [-0.4, -0.2) is 36.7 Å². The molecule has 23 heavy (non-hydrogen) atoms. The van der Waals surface area contributed by atoms with Crippen LogP contribution < -0.4 is 0 Å². The largest absolute Gasteiger partial charge is 0.378 e. The van der Waals surface area contributed by atoms with E-state index in [2.05, 4.69) is 49.1 Å². The third-order valence-corrected chi connectivity index (χ3v) is 5.14. The van der Waals surface area contributed by atoms with Gasteiger partial charge in [0.1, 0.15) is 0 Å². The summed E-state index contributed by atoms with van der Waals surface area (Å²) in [5, 5.41) is 0. The summed E-state index contributed by atoms with van der Waals surface area (Å²) >= 11 is 0. The van der Waals surface area contributed by atoms with E-state index in [-0.39, 0.29) is 5.54 Å². The summed E-state index contributed by atoms with van der Waals surface area (Å²) in [4.78, 5) is 2.68. The Labute approximate surface area is 143 Å². The molecule has 0 aromatic heterocycles. The first-order chi connectivity index (χ1) is 11.2. The lowest BCUT2D eigenvalue weighted by Gasteiger charge is -2.45. The molecule has 1 saturated heterocycles. The van der Waals surface area contributed by atoms with Crippen LogP contribution in [0, 0.1) is 0 Å². The second kappa shape index (κ2) is 10.1. The SMILES string of the molecule is CCCCCCCCCN1CCOCC1(C)Cc1ccccc1. The summed E-state index contributed by atoms with van der Waals surface area (Å²) < 4.78 is 5.82. The van der Waals surface area contributed by atoms with Gasteiger partial charge in [-0.2, -0.15) is 0 Å². The minimum Gasteiger partial charge on any atom is -0.378 e. The third-order valence-electron chi connectivity index (χ3n) is 5.14. The molecule has 0 saturated carbocycles. The zero-order valence-corrected chi connectivity index (χ0v) is 15.2. The second-order valence-corrected chi connectivity index (χ2v) is 7.32. The number of hydrogen-bond acceptors (Lipinski definition) is 2. The minimum atomic E-state index is 0.155. The quantitative estimate of drug-likeness (QED) is 0.559. The predicted octanol–water partition coefficient (Wildman–Crippen LogP) is 5.07. The normalized spacial score (nSPS) is 22.3. The van der Waals surface area contributed by atoms with Crippen LogP contribution in [0.3, 0.4) is 0 Å². The predicted molar refractivity (Wildman–Crippen MR) is 98.9 cm³/mol. The standard InChI is InChI=1S/C21H35NO/c1-3-4-5-6-7-8-12-15-22-16-17-23-19-21(22,2)18-20-13-10-9-11-14-20/h9-11,13-14H,3-8,12,15-19H2,1-2H3. The van der Waals surface area contributed by atoms with E-state index >= 15 is 0 Å². The van der Waals surface area contributed by atoms with Crippen molar-refractivity contribution in [3.8, 4) is 0 Å². The van der Waals surface area contributed by atoms with Gasteiger partial charge in [0.2, 0.25) is 0 Å². The fraction of sp³-hybridized carbons (Fsp3) is 0.714. The summed E-state index contributed by atoms with van der Waals surface area (Å²) in [6.07, 6.45) is 10.8. The summed E-state index contributed by atoms with van der Waals surface area (Å²) in [5.41, 5.74) is 1.58. The molecule has 2 rings (SSSR count). The van der Waals surface area contributed by atoms with Crippen molar-refractivity contribution in [3.05, 3.63) is 35.9 Å². The zero-order valence-electron chi connectivity index (χ0n) is 15.2. The molecule has 1 fully saturated rings. The van der Waals surface area contributed by atoms with Crippen LogP contribution >= 0.6 is 0 Å². The van der Waals surface area contributed by atoms with Crippen LogP contribution in [0.15, 0.2) is 30.3 Å². The summed E-state index contributed by atoms with van der Waals surface area (Å²) in [7, 11) is 0. The first kappa shape index (κ1) is 18.5. The van der Waals surface area contributed by atoms with Gasteiger partial charge >= 0.3 is 0 Å². The van der Waals surface area contributed by atoms with Gasteiger partial charge in [0.25, 0.3) is 0 Å². The van der Waals surface area contributed by atoms with Crippen molar-refractivity contribution in [3.63, 3.8) is 0 Å². The molecule has 1 atom stereocenters. The fourth-order valence-electron chi connectivity index (χ4n) is 3.67. The number of ether oxygens (including phenoxy) is 1. The molecule has 130 valence electrons.